The largest absolute Gasteiger partial charge is 0.478 e. The molecule has 5 nitrogen and oxygen atoms in total. The Morgan fingerprint density at radius 1 is 0.914 bits per heavy atom. The van der Waals surface area contributed by atoms with E-state index in [9.17, 15) is 23.5 Å². The molecule has 3 aromatic carbocycles. The fourth-order valence-corrected chi connectivity index (χ4v) is 4.90. The lowest BCUT2D eigenvalue weighted by Crippen LogP contribution is -2.32. The summed E-state index contributed by atoms with van der Waals surface area (Å²) in [6, 6.07) is 17.7. The van der Waals surface area contributed by atoms with E-state index in [0.29, 0.717) is 0 Å². The van der Waals surface area contributed by atoms with Gasteiger partial charge in [0.15, 0.2) is 0 Å². The van der Waals surface area contributed by atoms with E-state index in [4.69, 9.17) is 5.10 Å². The molecule has 1 amide bonds. The lowest BCUT2D eigenvalue weighted by atomic mass is 9.77. The van der Waals surface area contributed by atoms with Crippen LogP contribution in [0, 0.1) is 17.6 Å². The smallest absolute Gasteiger partial charge is 0.336 e. The van der Waals surface area contributed by atoms with Gasteiger partial charge in [-0.25, -0.2) is 18.6 Å². The summed E-state index contributed by atoms with van der Waals surface area (Å²) < 4.78 is 27.1. The normalized spacial score (nSPS) is 20.5. The van der Waals surface area contributed by atoms with Crippen molar-refractivity contribution in [2.24, 2.45) is 11.0 Å². The summed E-state index contributed by atoms with van der Waals surface area (Å²) in [4.78, 5) is 25.5. The van der Waals surface area contributed by atoms with Crippen LogP contribution in [0.5, 0.6) is 0 Å². The van der Waals surface area contributed by atoms with Crippen molar-refractivity contribution in [3.63, 3.8) is 0 Å². The summed E-state index contributed by atoms with van der Waals surface area (Å²) in [5, 5.41) is 15.7. The molecule has 0 spiro atoms. The molecular weight excluding hydrogens is 450 g/mol. The summed E-state index contributed by atoms with van der Waals surface area (Å²) in [7, 11) is 0. The minimum absolute atomic E-state index is 0.0409. The molecule has 3 aromatic rings. The Balaban J connectivity index is 1.60. The molecule has 176 valence electrons. The molecule has 1 fully saturated rings. The molecule has 2 aliphatic rings. The molecule has 2 unspecified atom stereocenters. The Bertz CT molecular complexity index is 1350. The van der Waals surface area contributed by atoms with Crippen molar-refractivity contribution in [1.29, 1.82) is 0 Å². The number of aromatic carboxylic acids is 1. The van der Waals surface area contributed by atoms with Gasteiger partial charge in [0.05, 0.1) is 22.9 Å². The topological polar surface area (TPSA) is 70.0 Å². The summed E-state index contributed by atoms with van der Waals surface area (Å²) >= 11 is 0. The van der Waals surface area contributed by atoms with Crippen LogP contribution >= 0.6 is 0 Å². The first-order valence-electron chi connectivity index (χ1n) is 11.4. The predicted octanol–water partition coefficient (Wildman–Crippen LogP) is 6.10. The zero-order valence-corrected chi connectivity index (χ0v) is 18.7. The molecule has 0 saturated heterocycles. The van der Waals surface area contributed by atoms with Gasteiger partial charge in [0, 0.05) is 5.92 Å². The van der Waals surface area contributed by atoms with E-state index in [1.54, 1.807) is 36.4 Å². The van der Waals surface area contributed by atoms with Crippen LogP contribution in [-0.4, -0.2) is 27.7 Å². The number of rotatable bonds is 4. The SMILES string of the molecule is O=C(O)c1ccccc1C(=O)N1N=C2/C(=C/c3ccc(F)cc3)CCCC2C1c1ccc(F)cc1. The van der Waals surface area contributed by atoms with E-state index in [-0.39, 0.29) is 28.7 Å². The molecule has 0 radical (unpaired) electrons. The maximum atomic E-state index is 13.7. The summed E-state index contributed by atoms with van der Waals surface area (Å²) in [6.07, 6.45) is 4.33. The molecule has 0 bridgehead atoms. The number of amides is 1. The van der Waals surface area contributed by atoms with Gasteiger partial charge < -0.3 is 5.11 Å². The van der Waals surface area contributed by atoms with Gasteiger partial charge in [-0.3, -0.25) is 4.79 Å². The number of carbonyl (C=O) groups is 2. The third kappa shape index (κ3) is 4.37. The van der Waals surface area contributed by atoms with E-state index < -0.39 is 17.9 Å². The van der Waals surface area contributed by atoms with Gasteiger partial charge in [-0.05, 0) is 78.4 Å². The van der Waals surface area contributed by atoms with Crippen molar-refractivity contribution in [2.75, 3.05) is 0 Å². The predicted molar refractivity (Wildman–Crippen MR) is 128 cm³/mol. The van der Waals surface area contributed by atoms with Crippen LogP contribution in [0.2, 0.25) is 0 Å². The first-order chi connectivity index (χ1) is 16.9. The van der Waals surface area contributed by atoms with Crippen molar-refractivity contribution < 1.29 is 23.5 Å². The summed E-state index contributed by atoms with van der Waals surface area (Å²) in [5.41, 5.74) is 3.17. The number of halogens is 2. The molecule has 1 N–H and O–H groups in total. The number of hydrogen-bond acceptors (Lipinski definition) is 3. The van der Waals surface area contributed by atoms with E-state index in [1.807, 2.05) is 6.08 Å². The molecule has 1 aliphatic heterocycles. The number of carboxylic acids is 1. The van der Waals surface area contributed by atoms with Crippen molar-refractivity contribution in [1.82, 2.24) is 5.01 Å². The lowest BCUT2D eigenvalue weighted by Gasteiger charge is -2.30. The number of nitrogens with zero attached hydrogens (tertiary/aromatic N) is 2. The minimum Gasteiger partial charge on any atom is -0.478 e. The van der Waals surface area contributed by atoms with E-state index in [1.165, 1.54) is 41.4 Å². The van der Waals surface area contributed by atoms with Crippen LogP contribution in [0.25, 0.3) is 6.08 Å². The van der Waals surface area contributed by atoms with Crippen molar-refractivity contribution in [3.05, 3.63) is 112 Å². The Morgan fingerprint density at radius 2 is 1.54 bits per heavy atom. The van der Waals surface area contributed by atoms with Gasteiger partial charge in [0.2, 0.25) is 0 Å². The zero-order valence-electron chi connectivity index (χ0n) is 18.7. The molecular formula is C28H22F2N2O3. The lowest BCUT2D eigenvalue weighted by molar-refractivity contribution is 0.0645. The molecule has 0 aromatic heterocycles. The Morgan fingerprint density at radius 3 is 2.20 bits per heavy atom. The van der Waals surface area contributed by atoms with Crippen molar-refractivity contribution >= 4 is 23.7 Å². The van der Waals surface area contributed by atoms with Crippen LogP contribution in [0.15, 0.2) is 83.5 Å². The third-order valence-corrected chi connectivity index (χ3v) is 6.52. The highest BCUT2D eigenvalue weighted by Gasteiger charge is 2.44. The molecule has 2 atom stereocenters. The average Bonchev–Trinajstić information content (AvgIpc) is 3.26. The van der Waals surface area contributed by atoms with Gasteiger partial charge in [-0.1, -0.05) is 36.4 Å². The van der Waals surface area contributed by atoms with Gasteiger partial charge >= 0.3 is 5.97 Å². The second kappa shape index (κ2) is 9.25. The number of fused-ring (bicyclic) bond motifs is 1. The molecule has 7 heteroatoms. The first kappa shape index (κ1) is 22.7. The summed E-state index contributed by atoms with van der Waals surface area (Å²) in [6.45, 7) is 0. The molecule has 5 rings (SSSR count). The number of hydrogen-bond donors (Lipinski definition) is 1. The molecule has 35 heavy (non-hydrogen) atoms. The highest BCUT2D eigenvalue weighted by atomic mass is 19.1. The van der Waals surface area contributed by atoms with E-state index >= 15 is 0 Å². The van der Waals surface area contributed by atoms with E-state index in [2.05, 4.69) is 0 Å². The second-order valence-electron chi connectivity index (χ2n) is 8.70. The fraction of sp³-hybridized carbons (Fsp3) is 0.179. The fourth-order valence-electron chi connectivity index (χ4n) is 4.90. The highest BCUT2D eigenvalue weighted by molar-refractivity contribution is 6.10. The van der Waals surface area contributed by atoms with Crippen molar-refractivity contribution in [3.8, 4) is 0 Å². The van der Waals surface area contributed by atoms with Crippen LogP contribution in [0.3, 0.4) is 0 Å². The zero-order chi connectivity index (χ0) is 24.5. The number of allylic oxidation sites excluding steroid dienone is 1. The highest BCUT2D eigenvalue weighted by Crippen LogP contribution is 2.45. The summed E-state index contributed by atoms with van der Waals surface area (Å²) in [5.74, 6) is -2.57. The Kier molecular flexibility index (Phi) is 5.99. The first-order valence-corrected chi connectivity index (χ1v) is 11.4. The van der Waals surface area contributed by atoms with Gasteiger partial charge in [-0.2, -0.15) is 5.10 Å². The van der Waals surface area contributed by atoms with Crippen LogP contribution in [0.4, 0.5) is 8.78 Å². The number of hydrazone groups is 1. The maximum absolute atomic E-state index is 13.7. The molecule has 1 aliphatic carbocycles. The maximum Gasteiger partial charge on any atom is 0.336 e. The van der Waals surface area contributed by atoms with Crippen LogP contribution in [-0.2, 0) is 0 Å². The number of benzene rings is 3. The van der Waals surface area contributed by atoms with Gasteiger partial charge in [-0.15, -0.1) is 0 Å². The van der Waals surface area contributed by atoms with Crippen molar-refractivity contribution in [2.45, 2.75) is 25.3 Å². The second-order valence-corrected chi connectivity index (χ2v) is 8.70. The monoisotopic (exact) mass is 472 g/mol. The van der Waals surface area contributed by atoms with Crippen LogP contribution < -0.4 is 0 Å². The molecule has 1 heterocycles. The Hall–Kier alpha value is -4.13. The van der Waals surface area contributed by atoms with E-state index in [0.717, 1.165) is 41.7 Å². The minimum atomic E-state index is -1.20. The molecule has 1 saturated carbocycles. The van der Waals surface area contributed by atoms with Crippen LogP contribution in [0.1, 0.15) is 57.1 Å². The van der Waals surface area contributed by atoms with Gasteiger partial charge in [0.25, 0.3) is 5.91 Å². The third-order valence-electron chi connectivity index (χ3n) is 6.52. The van der Waals surface area contributed by atoms with Gasteiger partial charge in [0.1, 0.15) is 11.6 Å². The number of carbonyl (C=O) groups excluding carboxylic acids is 1. The quantitative estimate of drug-likeness (QED) is 0.499. The Labute approximate surface area is 201 Å². The number of carboxylic acid groups (broad SMARTS) is 1. The average molecular weight is 472 g/mol. The standard InChI is InChI=1S/C28H22F2N2O3/c29-20-12-8-17(9-13-20)16-19-4-3-7-24-25(19)31-32(26(24)18-10-14-21(30)15-11-18)27(33)22-5-1-2-6-23(22)28(34)35/h1-2,5-6,8-16,24,26H,3-4,7H2,(H,34,35)/b19-16+.